The van der Waals surface area contributed by atoms with E-state index in [0.717, 1.165) is 33.9 Å². The number of aryl methyl sites for hydroxylation is 2. The summed E-state index contributed by atoms with van der Waals surface area (Å²) in [6.45, 7) is 8.12. The number of amides is 1. The number of hydrogen-bond donors (Lipinski definition) is 2. The highest BCUT2D eigenvalue weighted by atomic mass is 16.5. The Morgan fingerprint density at radius 2 is 1.63 bits per heavy atom. The van der Waals surface area contributed by atoms with Crippen LogP contribution < -0.4 is 10.1 Å². The van der Waals surface area contributed by atoms with Crippen LogP contribution in [0.5, 0.6) is 5.75 Å². The molecule has 1 amide bonds. The molecule has 5 nitrogen and oxygen atoms in total. The maximum Gasteiger partial charge on any atom is 0.255 e. The first-order valence-corrected chi connectivity index (χ1v) is 10.0. The molecular formula is C25H25N3O2. The van der Waals surface area contributed by atoms with Crippen LogP contribution in [0.3, 0.4) is 0 Å². The van der Waals surface area contributed by atoms with Crippen molar-refractivity contribution >= 4 is 22.6 Å². The molecule has 0 aliphatic heterocycles. The van der Waals surface area contributed by atoms with Crippen LogP contribution in [-0.4, -0.2) is 22.0 Å². The van der Waals surface area contributed by atoms with Crippen molar-refractivity contribution in [1.29, 1.82) is 0 Å². The summed E-state index contributed by atoms with van der Waals surface area (Å²) in [4.78, 5) is 20.6. The van der Waals surface area contributed by atoms with Crippen molar-refractivity contribution in [2.45, 2.75) is 33.8 Å². The first-order chi connectivity index (χ1) is 14.4. The number of H-pyrrole nitrogens is 1. The Bertz CT molecular complexity index is 1150. The van der Waals surface area contributed by atoms with Gasteiger partial charge in [-0.2, -0.15) is 0 Å². The molecule has 4 rings (SSSR count). The normalized spacial score (nSPS) is 11.1. The van der Waals surface area contributed by atoms with Crippen LogP contribution in [0.4, 0.5) is 5.69 Å². The number of carbonyl (C=O) groups excluding carboxylic acids is 1. The lowest BCUT2D eigenvalue weighted by Gasteiger charge is -2.10. The number of carbonyl (C=O) groups is 1. The number of hydrogen-bond acceptors (Lipinski definition) is 3. The predicted molar refractivity (Wildman–Crippen MR) is 121 cm³/mol. The molecule has 0 aliphatic rings. The van der Waals surface area contributed by atoms with Gasteiger partial charge in [0.25, 0.3) is 5.91 Å². The topological polar surface area (TPSA) is 67.0 Å². The van der Waals surface area contributed by atoms with E-state index in [1.165, 1.54) is 11.1 Å². The number of aromatic amines is 1. The Labute approximate surface area is 176 Å². The molecule has 0 unspecified atom stereocenters. The van der Waals surface area contributed by atoms with E-state index < -0.39 is 0 Å². The smallest absolute Gasteiger partial charge is 0.255 e. The van der Waals surface area contributed by atoms with E-state index in [9.17, 15) is 4.79 Å². The van der Waals surface area contributed by atoms with Crippen molar-refractivity contribution in [3.05, 3.63) is 77.4 Å². The predicted octanol–water partition coefficient (Wildman–Crippen LogP) is 5.89. The van der Waals surface area contributed by atoms with Gasteiger partial charge >= 0.3 is 0 Å². The van der Waals surface area contributed by atoms with Gasteiger partial charge in [-0.1, -0.05) is 0 Å². The van der Waals surface area contributed by atoms with Gasteiger partial charge in [0.05, 0.1) is 17.1 Å². The van der Waals surface area contributed by atoms with E-state index in [4.69, 9.17) is 9.72 Å². The molecule has 30 heavy (non-hydrogen) atoms. The summed E-state index contributed by atoms with van der Waals surface area (Å²) < 4.78 is 5.62. The van der Waals surface area contributed by atoms with Crippen LogP contribution in [0.15, 0.2) is 60.7 Å². The second-order valence-corrected chi connectivity index (χ2v) is 7.76. The zero-order chi connectivity index (χ0) is 21.3. The van der Waals surface area contributed by atoms with Gasteiger partial charge < -0.3 is 15.0 Å². The van der Waals surface area contributed by atoms with Gasteiger partial charge in [-0.15, -0.1) is 0 Å². The fraction of sp³-hybridized carbons (Fsp3) is 0.200. The maximum atomic E-state index is 12.5. The van der Waals surface area contributed by atoms with Crippen LogP contribution in [0, 0.1) is 13.8 Å². The van der Waals surface area contributed by atoms with Gasteiger partial charge in [0, 0.05) is 16.8 Å². The van der Waals surface area contributed by atoms with Gasteiger partial charge in [-0.25, -0.2) is 4.98 Å². The van der Waals surface area contributed by atoms with E-state index in [-0.39, 0.29) is 12.0 Å². The third-order valence-corrected chi connectivity index (χ3v) is 5.00. The average Bonchev–Trinajstić information content (AvgIpc) is 3.11. The summed E-state index contributed by atoms with van der Waals surface area (Å²) in [7, 11) is 0. The quantitative estimate of drug-likeness (QED) is 0.440. The standard InChI is InChI=1S/C25H25N3O2/c1-15(2)30-21-11-7-19(8-12-21)25(29)26-20-9-5-18(6-10-20)24-27-22-13-16(3)17(4)14-23(22)28-24/h5-15H,1-4H3,(H,26,29)(H,27,28). The molecule has 3 aromatic carbocycles. The molecule has 0 spiro atoms. The van der Waals surface area contributed by atoms with E-state index in [0.29, 0.717) is 5.56 Å². The molecule has 1 heterocycles. The number of aromatic nitrogens is 2. The minimum Gasteiger partial charge on any atom is -0.491 e. The minimum absolute atomic E-state index is 0.1000. The lowest BCUT2D eigenvalue weighted by molar-refractivity contribution is 0.102. The maximum absolute atomic E-state index is 12.5. The van der Waals surface area contributed by atoms with E-state index in [2.05, 4.69) is 36.3 Å². The van der Waals surface area contributed by atoms with Crippen molar-refractivity contribution in [1.82, 2.24) is 9.97 Å². The zero-order valence-electron chi connectivity index (χ0n) is 17.6. The Morgan fingerprint density at radius 3 is 2.30 bits per heavy atom. The van der Waals surface area contributed by atoms with Gasteiger partial charge in [0.2, 0.25) is 0 Å². The number of nitrogens with one attached hydrogen (secondary N) is 2. The van der Waals surface area contributed by atoms with Crippen LogP contribution in [0.1, 0.15) is 35.3 Å². The van der Waals surface area contributed by atoms with E-state index in [1.807, 2.05) is 50.2 Å². The number of rotatable bonds is 5. The second-order valence-electron chi connectivity index (χ2n) is 7.76. The third-order valence-electron chi connectivity index (χ3n) is 5.00. The third kappa shape index (κ3) is 4.20. The average molecular weight is 399 g/mol. The molecule has 0 atom stereocenters. The summed E-state index contributed by atoms with van der Waals surface area (Å²) in [6, 6.07) is 19.0. The second kappa shape index (κ2) is 8.03. The Balaban J connectivity index is 1.47. The number of ether oxygens (including phenoxy) is 1. The molecule has 5 heteroatoms. The Kier molecular flexibility index (Phi) is 5.27. The van der Waals surface area contributed by atoms with Gasteiger partial charge in [0.1, 0.15) is 11.6 Å². The molecule has 2 N–H and O–H groups in total. The van der Waals surface area contributed by atoms with Crippen LogP contribution in [-0.2, 0) is 0 Å². The lowest BCUT2D eigenvalue weighted by Crippen LogP contribution is -2.12. The number of nitrogens with zero attached hydrogens (tertiary/aromatic N) is 1. The summed E-state index contributed by atoms with van der Waals surface area (Å²) in [5, 5.41) is 2.93. The van der Waals surface area contributed by atoms with Crippen LogP contribution >= 0.6 is 0 Å². The Morgan fingerprint density at radius 1 is 0.967 bits per heavy atom. The SMILES string of the molecule is Cc1cc2nc(-c3ccc(NC(=O)c4ccc(OC(C)C)cc4)cc3)[nH]c2cc1C. The van der Waals surface area contributed by atoms with Crippen molar-refractivity contribution in [3.8, 4) is 17.1 Å². The zero-order valence-corrected chi connectivity index (χ0v) is 17.6. The summed E-state index contributed by atoms with van der Waals surface area (Å²) >= 11 is 0. The molecule has 0 aliphatic carbocycles. The van der Waals surface area contributed by atoms with E-state index in [1.54, 1.807) is 12.1 Å². The molecule has 4 aromatic rings. The molecule has 1 aromatic heterocycles. The summed E-state index contributed by atoms with van der Waals surface area (Å²) in [6.07, 6.45) is 0.1000. The molecule has 0 saturated heterocycles. The van der Waals surface area contributed by atoms with Crippen molar-refractivity contribution in [2.24, 2.45) is 0 Å². The molecule has 0 saturated carbocycles. The highest BCUT2D eigenvalue weighted by Gasteiger charge is 2.09. The Hall–Kier alpha value is -3.60. The van der Waals surface area contributed by atoms with Gasteiger partial charge in [-0.05, 0) is 99.5 Å². The molecule has 152 valence electrons. The molecule has 0 fully saturated rings. The van der Waals surface area contributed by atoms with Crippen LogP contribution in [0.25, 0.3) is 22.4 Å². The lowest BCUT2D eigenvalue weighted by atomic mass is 10.1. The summed E-state index contributed by atoms with van der Waals surface area (Å²) in [5.74, 6) is 1.41. The largest absolute Gasteiger partial charge is 0.491 e. The molecular weight excluding hydrogens is 374 g/mol. The van der Waals surface area contributed by atoms with Crippen molar-refractivity contribution in [2.75, 3.05) is 5.32 Å². The van der Waals surface area contributed by atoms with Crippen molar-refractivity contribution in [3.63, 3.8) is 0 Å². The highest BCUT2D eigenvalue weighted by Crippen LogP contribution is 2.24. The number of imidazole rings is 1. The fourth-order valence-electron chi connectivity index (χ4n) is 3.28. The number of fused-ring (bicyclic) bond motifs is 1. The molecule has 0 bridgehead atoms. The summed E-state index contributed by atoms with van der Waals surface area (Å²) in [5.41, 5.74) is 6.72. The van der Waals surface area contributed by atoms with E-state index >= 15 is 0 Å². The van der Waals surface area contributed by atoms with Gasteiger partial charge in [-0.3, -0.25) is 4.79 Å². The van der Waals surface area contributed by atoms with Crippen molar-refractivity contribution < 1.29 is 9.53 Å². The van der Waals surface area contributed by atoms with Crippen LogP contribution in [0.2, 0.25) is 0 Å². The molecule has 0 radical (unpaired) electrons. The fourth-order valence-corrected chi connectivity index (χ4v) is 3.28. The minimum atomic E-state index is -0.159. The first kappa shape index (κ1) is 19.7. The number of anilines is 1. The first-order valence-electron chi connectivity index (χ1n) is 10.0. The number of benzene rings is 3. The van der Waals surface area contributed by atoms with Gasteiger partial charge in [0.15, 0.2) is 0 Å². The monoisotopic (exact) mass is 399 g/mol. The highest BCUT2D eigenvalue weighted by molar-refractivity contribution is 6.04.